The molecule has 2 rings (SSSR count). The number of sulfonamides is 1. The van der Waals surface area contributed by atoms with Crippen LogP contribution in [0.2, 0.25) is 0 Å². The van der Waals surface area contributed by atoms with Crippen LogP contribution in [0.25, 0.3) is 0 Å². The summed E-state index contributed by atoms with van der Waals surface area (Å²) in [5.74, 6) is 1.88. The zero-order valence-electron chi connectivity index (χ0n) is 11.9. The first-order valence-electron chi connectivity index (χ1n) is 6.82. The van der Waals surface area contributed by atoms with Crippen LogP contribution in [-0.4, -0.2) is 48.8 Å². The normalized spacial score (nSPS) is 19.4. The number of rotatable bonds is 6. The average Bonchev–Trinajstić information content (AvgIpc) is 2.98. The fourth-order valence-corrected chi connectivity index (χ4v) is 4.95. The standard InChI is InChI=1S/C13H21N3O2S2/c1-3-7-14-12-5-4-8-15-13(12)20(17,18)16(2)11-6-9-19-10-11/h4-5,8,11,14H,3,6-7,9-10H2,1-2H3. The van der Waals surface area contributed by atoms with Gasteiger partial charge < -0.3 is 5.32 Å². The molecule has 1 aromatic heterocycles. The van der Waals surface area contributed by atoms with E-state index in [1.54, 1.807) is 30.9 Å². The summed E-state index contributed by atoms with van der Waals surface area (Å²) in [7, 11) is -1.88. The van der Waals surface area contributed by atoms with Crippen molar-refractivity contribution in [3.05, 3.63) is 18.3 Å². The number of nitrogens with zero attached hydrogens (tertiary/aromatic N) is 2. The molecule has 1 aliphatic rings. The molecule has 0 spiro atoms. The Morgan fingerprint density at radius 2 is 2.35 bits per heavy atom. The van der Waals surface area contributed by atoms with Crippen LogP contribution < -0.4 is 5.32 Å². The molecule has 20 heavy (non-hydrogen) atoms. The topological polar surface area (TPSA) is 62.3 Å². The Morgan fingerprint density at radius 3 is 3.00 bits per heavy atom. The lowest BCUT2D eigenvalue weighted by molar-refractivity contribution is 0.393. The lowest BCUT2D eigenvalue weighted by Gasteiger charge is -2.23. The van der Waals surface area contributed by atoms with Gasteiger partial charge in [0.2, 0.25) is 0 Å². The van der Waals surface area contributed by atoms with Crippen molar-refractivity contribution in [2.24, 2.45) is 0 Å². The van der Waals surface area contributed by atoms with E-state index in [0.29, 0.717) is 5.69 Å². The molecule has 0 saturated carbocycles. The minimum atomic E-state index is -3.54. The molecule has 5 nitrogen and oxygen atoms in total. The Hall–Kier alpha value is -0.790. The van der Waals surface area contributed by atoms with E-state index >= 15 is 0 Å². The Kier molecular flexibility index (Phi) is 5.29. The van der Waals surface area contributed by atoms with Gasteiger partial charge in [-0.2, -0.15) is 16.1 Å². The first-order chi connectivity index (χ1) is 9.57. The van der Waals surface area contributed by atoms with Crippen molar-refractivity contribution in [1.82, 2.24) is 9.29 Å². The molecule has 0 bridgehead atoms. The van der Waals surface area contributed by atoms with Crippen LogP contribution in [0.5, 0.6) is 0 Å². The van der Waals surface area contributed by atoms with Gasteiger partial charge in [-0.25, -0.2) is 13.4 Å². The van der Waals surface area contributed by atoms with Gasteiger partial charge in [-0.3, -0.25) is 0 Å². The lowest BCUT2D eigenvalue weighted by Crippen LogP contribution is -2.37. The number of nitrogens with one attached hydrogen (secondary N) is 1. The Balaban J connectivity index is 2.28. The second-order valence-electron chi connectivity index (χ2n) is 4.82. The zero-order chi connectivity index (χ0) is 14.6. The van der Waals surface area contributed by atoms with Crippen LogP contribution in [0.4, 0.5) is 5.69 Å². The Labute approximate surface area is 125 Å². The third-order valence-electron chi connectivity index (χ3n) is 3.38. The highest BCUT2D eigenvalue weighted by atomic mass is 32.2. The van der Waals surface area contributed by atoms with Crippen LogP contribution in [0.15, 0.2) is 23.4 Å². The summed E-state index contributed by atoms with van der Waals surface area (Å²) in [5, 5.41) is 3.27. The maximum atomic E-state index is 12.7. The third kappa shape index (κ3) is 3.27. The molecule has 1 fully saturated rings. The number of thioether (sulfide) groups is 1. The zero-order valence-corrected chi connectivity index (χ0v) is 13.5. The van der Waals surface area contributed by atoms with Crippen molar-refractivity contribution in [1.29, 1.82) is 0 Å². The van der Waals surface area contributed by atoms with E-state index in [0.717, 1.165) is 30.9 Å². The van der Waals surface area contributed by atoms with Gasteiger partial charge in [-0.15, -0.1) is 0 Å². The van der Waals surface area contributed by atoms with Gasteiger partial charge in [0, 0.05) is 31.6 Å². The molecule has 0 radical (unpaired) electrons. The molecule has 1 aliphatic heterocycles. The molecule has 0 aromatic carbocycles. The second kappa shape index (κ2) is 6.78. The SMILES string of the molecule is CCCNc1cccnc1S(=O)(=O)N(C)C1CCSC1. The molecule has 1 atom stereocenters. The van der Waals surface area contributed by atoms with Crippen molar-refractivity contribution in [3.63, 3.8) is 0 Å². The molecule has 0 amide bonds. The first kappa shape index (κ1) is 15.6. The fraction of sp³-hybridized carbons (Fsp3) is 0.615. The lowest BCUT2D eigenvalue weighted by atomic mass is 10.3. The van der Waals surface area contributed by atoms with Gasteiger partial charge >= 0.3 is 0 Å². The van der Waals surface area contributed by atoms with Crippen molar-refractivity contribution in [2.75, 3.05) is 30.4 Å². The quantitative estimate of drug-likeness (QED) is 0.870. The van der Waals surface area contributed by atoms with Crippen molar-refractivity contribution in [3.8, 4) is 0 Å². The number of hydrogen-bond donors (Lipinski definition) is 1. The van der Waals surface area contributed by atoms with Gasteiger partial charge in [-0.05, 0) is 30.7 Å². The highest BCUT2D eigenvalue weighted by molar-refractivity contribution is 7.99. The summed E-state index contributed by atoms with van der Waals surface area (Å²) in [6.45, 7) is 2.77. The number of hydrogen-bond acceptors (Lipinski definition) is 5. The summed E-state index contributed by atoms with van der Waals surface area (Å²) >= 11 is 1.80. The van der Waals surface area contributed by atoms with E-state index in [4.69, 9.17) is 0 Å². The average molecular weight is 315 g/mol. The maximum absolute atomic E-state index is 12.7. The summed E-state index contributed by atoms with van der Waals surface area (Å²) in [6.07, 6.45) is 3.37. The van der Waals surface area contributed by atoms with Crippen LogP contribution in [0.3, 0.4) is 0 Å². The van der Waals surface area contributed by atoms with Crippen molar-refractivity contribution < 1.29 is 8.42 Å². The van der Waals surface area contributed by atoms with Gasteiger partial charge in [0.05, 0.1) is 5.69 Å². The minimum absolute atomic E-state index is 0.0750. The third-order valence-corrected chi connectivity index (χ3v) is 6.40. The molecule has 112 valence electrons. The number of anilines is 1. The van der Waals surface area contributed by atoms with Gasteiger partial charge in [0.1, 0.15) is 0 Å². The fourth-order valence-electron chi connectivity index (χ4n) is 2.13. The van der Waals surface area contributed by atoms with Crippen LogP contribution >= 0.6 is 11.8 Å². The van der Waals surface area contributed by atoms with Crippen molar-refractivity contribution in [2.45, 2.75) is 30.8 Å². The van der Waals surface area contributed by atoms with Crippen LogP contribution in [0, 0.1) is 0 Å². The van der Waals surface area contributed by atoms with E-state index < -0.39 is 10.0 Å². The summed E-state index contributed by atoms with van der Waals surface area (Å²) in [6, 6.07) is 3.60. The van der Waals surface area contributed by atoms with Gasteiger partial charge in [0.15, 0.2) is 5.03 Å². The molecular weight excluding hydrogens is 294 g/mol. The van der Waals surface area contributed by atoms with E-state index in [-0.39, 0.29) is 11.1 Å². The second-order valence-corrected chi connectivity index (χ2v) is 7.88. The van der Waals surface area contributed by atoms with Crippen molar-refractivity contribution >= 4 is 27.5 Å². The van der Waals surface area contributed by atoms with Gasteiger partial charge in [-0.1, -0.05) is 6.92 Å². The predicted octanol–water partition coefficient (Wildman–Crippen LogP) is 2.03. The van der Waals surface area contributed by atoms with Gasteiger partial charge in [0.25, 0.3) is 10.0 Å². The molecule has 1 aromatic rings. The molecule has 7 heteroatoms. The van der Waals surface area contributed by atoms with Crippen LogP contribution in [0.1, 0.15) is 19.8 Å². The van der Waals surface area contributed by atoms with E-state index in [2.05, 4.69) is 10.3 Å². The number of aromatic nitrogens is 1. The van der Waals surface area contributed by atoms with Crippen LogP contribution in [-0.2, 0) is 10.0 Å². The molecule has 2 heterocycles. The van der Waals surface area contributed by atoms with E-state index in [1.165, 1.54) is 10.5 Å². The molecule has 1 saturated heterocycles. The highest BCUT2D eigenvalue weighted by Crippen LogP contribution is 2.28. The molecule has 1 unspecified atom stereocenters. The minimum Gasteiger partial charge on any atom is -0.383 e. The predicted molar refractivity (Wildman–Crippen MR) is 83.7 cm³/mol. The maximum Gasteiger partial charge on any atom is 0.262 e. The van der Waals surface area contributed by atoms with E-state index in [1.807, 2.05) is 6.92 Å². The largest absolute Gasteiger partial charge is 0.383 e. The summed E-state index contributed by atoms with van der Waals surface area (Å²) < 4.78 is 26.9. The highest BCUT2D eigenvalue weighted by Gasteiger charge is 2.32. The summed E-state index contributed by atoms with van der Waals surface area (Å²) in [5.41, 5.74) is 0.590. The molecule has 1 N–H and O–H groups in total. The smallest absolute Gasteiger partial charge is 0.262 e. The number of pyridine rings is 1. The van der Waals surface area contributed by atoms with E-state index in [9.17, 15) is 8.42 Å². The monoisotopic (exact) mass is 315 g/mol. The Morgan fingerprint density at radius 1 is 1.55 bits per heavy atom. The molecule has 0 aliphatic carbocycles. The Bertz CT molecular complexity index is 542. The summed E-state index contributed by atoms with van der Waals surface area (Å²) in [4.78, 5) is 4.10. The first-order valence-corrected chi connectivity index (χ1v) is 9.41. The molecular formula is C13H21N3O2S2.